The molecule has 1 N–H and O–H groups in total. The van der Waals surface area contributed by atoms with Gasteiger partial charge in [0.2, 0.25) is 0 Å². The number of halogens is 2. The lowest BCUT2D eigenvalue weighted by molar-refractivity contribution is 0.216. The van der Waals surface area contributed by atoms with Crippen LogP contribution in [0.5, 0.6) is 0 Å². The maximum Gasteiger partial charge on any atom is 0.124 e. The number of hydrogen-bond acceptors (Lipinski definition) is 2. The lowest BCUT2D eigenvalue weighted by Crippen LogP contribution is -2.04. The number of aliphatic hydroxyl groups excluding tert-OH is 1. The van der Waals surface area contributed by atoms with Crippen LogP contribution >= 0.6 is 23.2 Å². The minimum atomic E-state index is -0.944. The monoisotopic (exact) mass is 303 g/mol. The Morgan fingerprint density at radius 3 is 2.30 bits per heavy atom. The van der Waals surface area contributed by atoms with Crippen molar-refractivity contribution in [2.45, 2.75) is 6.10 Å². The molecule has 0 amide bonds. The fraction of sp³-hybridized carbons (Fsp3) is 0.0625. The van der Waals surface area contributed by atoms with E-state index in [9.17, 15) is 5.11 Å². The molecule has 0 bridgehead atoms. The zero-order valence-electron chi connectivity index (χ0n) is 10.4. The zero-order valence-corrected chi connectivity index (χ0v) is 11.9. The fourth-order valence-electron chi connectivity index (χ4n) is 2.15. The van der Waals surface area contributed by atoms with Gasteiger partial charge in [-0.1, -0.05) is 53.5 Å². The molecule has 0 aliphatic heterocycles. The molecule has 0 saturated carbocycles. The third-order valence-corrected chi connectivity index (χ3v) is 3.83. The van der Waals surface area contributed by atoms with E-state index in [1.807, 2.05) is 30.3 Å². The third kappa shape index (κ3) is 2.38. The zero-order chi connectivity index (χ0) is 14.1. The van der Waals surface area contributed by atoms with Crippen molar-refractivity contribution >= 4 is 34.1 Å². The summed E-state index contributed by atoms with van der Waals surface area (Å²) < 4.78 is 0. The van der Waals surface area contributed by atoms with E-state index in [0.717, 1.165) is 10.9 Å². The van der Waals surface area contributed by atoms with Gasteiger partial charge in [0, 0.05) is 21.0 Å². The van der Waals surface area contributed by atoms with Gasteiger partial charge in [-0.3, -0.25) is 0 Å². The number of hydrogen-bond donors (Lipinski definition) is 1. The number of nitrogens with zero attached hydrogens (tertiary/aromatic N) is 1. The second-order valence-corrected chi connectivity index (χ2v) is 5.28. The van der Waals surface area contributed by atoms with Crippen molar-refractivity contribution in [2.24, 2.45) is 0 Å². The van der Waals surface area contributed by atoms with Crippen LogP contribution in [-0.4, -0.2) is 10.1 Å². The van der Waals surface area contributed by atoms with Gasteiger partial charge in [0.1, 0.15) is 6.10 Å². The van der Waals surface area contributed by atoms with E-state index in [0.29, 0.717) is 21.3 Å². The topological polar surface area (TPSA) is 33.1 Å². The van der Waals surface area contributed by atoms with E-state index in [-0.39, 0.29) is 0 Å². The van der Waals surface area contributed by atoms with Crippen molar-refractivity contribution in [3.05, 3.63) is 75.9 Å². The summed E-state index contributed by atoms with van der Waals surface area (Å²) >= 11 is 12.2. The Morgan fingerprint density at radius 2 is 1.55 bits per heavy atom. The number of pyridine rings is 1. The fourth-order valence-corrected chi connectivity index (χ4v) is 2.76. The largest absolute Gasteiger partial charge is 0.382 e. The predicted octanol–water partition coefficient (Wildman–Crippen LogP) is 4.62. The van der Waals surface area contributed by atoms with Crippen molar-refractivity contribution in [1.29, 1.82) is 0 Å². The number of para-hydroxylation sites is 1. The molecular weight excluding hydrogens is 293 g/mol. The molecule has 4 heteroatoms. The van der Waals surface area contributed by atoms with E-state index in [1.165, 1.54) is 0 Å². The van der Waals surface area contributed by atoms with Gasteiger partial charge in [0.25, 0.3) is 0 Å². The Morgan fingerprint density at radius 1 is 0.850 bits per heavy atom. The first kappa shape index (κ1) is 13.4. The van der Waals surface area contributed by atoms with Crippen molar-refractivity contribution in [1.82, 2.24) is 4.98 Å². The van der Waals surface area contributed by atoms with E-state index in [1.54, 1.807) is 24.3 Å². The van der Waals surface area contributed by atoms with Gasteiger partial charge < -0.3 is 5.11 Å². The van der Waals surface area contributed by atoms with Crippen molar-refractivity contribution < 1.29 is 5.11 Å². The highest BCUT2D eigenvalue weighted by atomic mass is 35.5. The molecule has 0 radical (unpaired) electrons. The molecule has 0 unspecified atom stereocenters. The first-order chi connectivity index (χ1) is 9.66. The van der Waals surface area contributed by atoms with Crippen LogP contribution in [0.25, 0.3) is 10.9 Å². The Kier molecular flexibility index (Phi) is 3.62. The SMILES string of the molecule is O[C@H](c1ccc2ccccc2n1)c1c(Cl)cccc1Cl. The van der Waals surface area contributed by atoms with E-state index < -0.39 is 6.10 Å². The van der Waals surface area contributed by atoms with Gasteiger partial charge >= 0.3 is 0 Å². The Hall–Kier alpha value is -1.61. The average molecular weight is 304 g/mol. The van der Waals surface area contributed by atoms with E-state index in [4.69, 9.17) is 23.2 Å². The molecule has 100 valence electrons. The molecule has 3 aromatic rings. The summed E-state index contributed by atoms with van der Waals surface area (Å²) in [5.74, 6) is 0. The Bertz CT molecular complexity index is 753. The smallest absolute Gasteiger partial charge is 0.124 e. The summed E-state index contributed by atoms with van der Waals surface area (Å²) in [5.41, 5.74) is 1.84. The second-order valence-electron chi connectivity index (χ2n) is 4.47. The standard InChI is InChI=1S/C16H11Cl2NO/c17-11-5-3-6-12(18)15(11)16(20)14-9-8-10-4-1-2-7-13(10)19-14/h1-9,16,20H/t16-/m1/s1. The average Bonchev–Trinajstić information content (AvgIpc) is 2.46. The summed E-state index contributed by atoms with van der Waals surface area (Å²) in [5, 5.41) is 12.4. The van der Waals surface area contributed by atoms with Crippen molar-refractivity contribution in [3.63, 3.8) is 0 Å². The normalized spacial score (nSPS) is 12.6. The minimum Gasteiger partial charge on any atom is -0.382 e. The molecule has 2 nitrogen and oxygen atoms in total. The van der Waals surface area contributed by atoms with Crippen molar-refractivity contribution in [3.8, 4) is 0 Å². The molecular formula is C16H11Cl2NO. The number of fused-ring (bicyclic) bond motifs is 1. The molecule has 0 fully saturated rings. The maximum absolute atomic E-state index is 10.5. The lowest BCUT2D eigenvalue weighted by Gasteiger charge is -2.14. The van der Waals surface area contributed by atoms with E-state index >= 15 is 0 Å². The van der Waals surface area contributed by atoms with Crippen LogP contribution in [0.2, 0.25) is 10.0 Å². The minimum absolute atomic E-state index is 0.431. The highest BCUT2D eigenvalue weighted by Gasteiger charge is 2.18. The summed E-state index contributed by atoms with van der Waals surface area (Å²) in [4.78, 5) is 4.47. The molecule has 0 aliphatic carbocycles. The molecule has 0 aliphatic rings. The molecule has 2 aromatic carbocycles. The van der Waals surface area contributed by atoms with Crippen molar-refractivity contribution in [2.75, 3.05) is 0 Å². The van der Waals surface area contributed by atoms with Gasteiger partial charge in [-0.25, -0.2) is 4.98 Å². The highest BCUT2D eigenvalue weighted by Crippen LogP contribution is 2.33. The molecule has 0 spiro atoms. The summed E-state index contributed by atoms with van der Waals surface area (Å²) in [6.07, 6.45) is -0.944. The van der Waals surface area contributed by atoms with Crippen LogP contribution in [0, 0.1) is 0 Å². The number of rotatable bonds is 2. The van der Waals surface area contributed by atoms with Crippen LogP contribution in [0.3, 0.4) is 0 Å². The molecule has 3 rings (SSSR count). The molecule has 1 heterocycles. The summed E-state index contributed by atoms with van der Waals surface area (Å²) in [6, 6.07) is 16.6. The molecule has 1 aromatic heterocycles. The van der Waals surface area contributed by atoms with Crippen LogP contribution in [0.15, 0.2) is 54.6 Å². The van der Waals surface area contributed by atoms with Gasteiger partial charge in [0.15, 0.2) is 0 Å². The van der Waals surface area contributed by atoms with Crippen LogP contribution in [0.1, 0.15) is 17.4 Å². The third-order valence-electron chi connectivity index (χ3n) is 3.17. The first-order valence-electron chi connectivity index (χ1n) is 6.14. The second kappa shape index (κ2) is 5.41. The lowest BCUT2D eigenvalue weighted by atomic mass is 10.0. The quantitative estimate of drug-likeness (QED) is 0.749. The van der Waals surface area contributed by atoms with Gasteiger partial charge in [-0.2, -0.15) is 0 Å². The molecule has 1 atom stereocenters. The van der Waals surface area contributed by atoms with Crippen LogP contribution in [-0.2, 0) is 0 Å². The van der Waals surface area contributed by atoms with E-state index in [2.05, 4.69) is 4.98 Å². The highest BCUT2D eigenvalue weighted by molar-refractivity contribution is 6.36. The predicted molar refractivity (Wildman–Crippen MR) is 82.3 cm³/mol. The number of aliphatic hydroxyl groups is 1. The summed E-state index contributed by atoms with van der Waals surface area (Å²) in [7, 11) is 0. The maximum atomic E-state index is 10.5. The Labute approximate surface area is 126 Å². The van der Waals surface area contributed by atoms with Crippen LogP contribution < -0.4 is 0 Å². The van der Waals surface area contributed by atoms with Gasteiger partial charge in [-0.15, -0.1) is 0 Å². The number of benzene rings is 2. The number of aromatic nitrogens is 1. The first-order valence-corrected chi connectivity index (χ1v) is 6.90. The van der Waals surface area contributed by atoms with Crippen LogP contribution in [0.4, 0.5) is 0 Å². The molecule has 0 saturated heterocycles. The van der Waals surface area contributed by atoms with Gasteiger partial charge in [-0.05, 0) is 24.3 Å². The molecule has 20 heavy (non-hydrogen) atoms. The Balaban J connectivity index is 2.10. The van der Waals surface area contributed by atoms with Gasteiger partial charge in [0.05, 0.1) is 11.2 Å². The summed E-state index contributed by atoms with van der Waals surface area (Å²) in [6.45, 7) is 0.